The summed E-state index contributed by atoms with van der Waals surface area (Å²) in [4.78, 5) is 71.7. The Morgan fingerprint density at radius 2 is 1.25 bits per heavy atom. The number of carbonyl (C=O) groups is 6. The molecule has 0 bridgehead atoms. The molecule has 5 amide bonds. The van der Waals surface area contributed by atoms with E-state index in [0.29, 0.717) is 29.5 Å². The third-order valence-corrected chi connectivity index (χ3v) is 8.27. The fraction of sp³-hybridized carbons (Fsp3) is 0.412. The summed E-state index contributed by atoms with van der Waals surface area (Å²) in [6, 6.07) is 8.63. The Balaban J connectivity index is 0.000000232. The Hall–Kier alpha value is -6.82. The van der Waals surface area contributed by atoms with E-state index in [2.05, 4.69) is 26.3 Å². The second-order valence-electron chi connectivity index (χ2n) is 12.5. The predicted octanol–water partition coefficient (Wildman–Crippen LogP) is 2.12. The lowest BCUT2D eigenvalue weighted by atomic mass is 10.2. The second-order valence-corrected chi connectivity index (χ2v) is 12.5. The topological polar surface area (TPSA) is 218 Å². The highest BCUT2D eigenvalue weighted by atomic mass is 19.3. The number of cyclic esters (lactones) is 2. The monoisotopic (exact) mass is 844 g/mol. The normalized spacial score (nSPS) is 18.4. The summed E-state index contributed by atoms with van der Waals surface area (Å²) < 4.78 is 85.3. The lowest BCUT2D eigenvalue weighted by molar-refractivity contribution is -0.149. The van der Waals surface area contributed by atoms with Crippen molar-refractivity contribution in [2.45, 2.75) is 38.9 Å². The SMILES string of the molecule is CC(=O)NC[C@H]1CN(c2ccc(N3C=NN(C(=O)C(F)F)CC3)c(F)c2)C(=O)O1.CC(=O)NC[C@H]1CN(c2ccc(N3C=NNCC3)c(F)c2)C(=O)O1.O=C(O)C(F)F. The fourth-order valence-corrected chi connectivity index (χ4v) is 5.48. The average molecular weight is 845 g/mol. The second kappa shape index (κ2) is 20.6. The van der Waals surface area contributed by atoms with Crippen LogP contribution < -0.4 is 35.7 Å². The highest BCUT2D eigenvalue weighted by Gasteiger charge is 2.34. The van der Waals surface area contributed by atoms with Crippen molar-refractivity contribution >= 4 is 71.3 Å². The number of carboxylic acids is 1. The van der Waals surface area contributed by atoms with Crippen LogP contribution in [0.2, 0.25) is 0 Å². The van der Waals surface area contributed by atoms with Gasteiger partial charge in [0.2, 0.25) is 11.8 Å². The van der Waals surface area contributed by atoms with Crippen LogP contribution in [0.1, 0.15) is 13.8 Å². The zero-order chi connectivity index (χ0) is 43.4. The number of amides is 5. The van der Waals surface area contributed by atoms with E-state index in [4.69, 9.17) is 19.4 Å². The number of nitrogens with zero attached hydrogens (tertiary/aromatic N) is 7. The van der Waals surface area contributed by atoms with Crippen molar-refractivity contribution in [2.75, 3.05) is 72.0 Å². The molecule has 4 aliphatic heterocycles. The highest BCUT2D eigenvalue weighted by molar-refractivity contribution is 5.92. The summed E-state index contributed by atoms with van der Waals surface area (Å²) in [5.41, 5.74) is 3.99. The minimum absolute atomic E-state index is 0.0722. The summed E-state index contributed by atoms with van der Waals surface area (Å²) in [6.45, 7) is 4.70. The first-order valence-corrected chi connectivity index (χ1v) is 17.4. The lowest BCUT2D eigenvalue weighted by Gasteiger charge is -2.29. The van der Waals surface area contributed by atoms with Gasteiger partial charge >= 0.3 is 36.9 Å². The van der Waals surface area contributed by atoms with Gasteiger partial charge in [0.05, 0.1) is 62.0 Å². The summed E-state index contributed by atoms with van der Waals surface area (Å²) in [5.74, 6) is -5.06. The molecular weight excluding hydrogens is 806 g/mol. The minimum atomic E-state index is -3.23. The number of alkyl halides is 4. The van der Waals surface area contributed by atoms with E-state index in [1.165, 1.54) is 53.1 Å². The number of ether oxygens (including phenoxy) is 2. The van der Waals surface area contributed by atoms with Crippen molar-refractivity contribution in [1.82, 2.24) is 21.1 Å². The number of aliphatic carboxylic acids is 1. The molecule has 59 heavy (non-hydrogen) atoms. The molecule has 2 aromatic rings. The van der Waals surface area contributed by atoms with Gasteiger partial charge in [0.25, 0.3) is 0 Å². The van der Waals surface area contributed by atoms with Crippen LogP contribution in [0, 0.1) is 11.6 Å². The van der Waals surface area contributed by atoms with Crippen molar-refractivity contribution in [2.24, 2.45) is 10.2 Å². The minimum Gasteiger partial charge on any atom is -0.477 e. The average Bonchev–Trinajstić information content (AvgIpc) is 3.77. The molecule has 2 fully saturated rings. The van der Waals surface area contributed by atoms with Crippen molar-refractivity contribution in [3.05, 3.63) is 48.0 Å². The van der Waals surface area contributed by atoms with Crippen LogP contribution in [-0.4, -0.2) is 136 Å². The first-order chi connectivity index (χ1) is 27.9. The Bertz CT molecular complexity index is 1940. The number of carboxylic acid groups (broad SMARTS) is 1. The number of anilines is 4. The maximum Gasteiger partial charge on any atom is 0.414 e. The number of hydrogen-bond acceptors (Lipinski definition) is 13. The molecule has 25 heteroatoms. The molecule has 2 saturated heterocycles. The zero-order valence-electron chi connectivity index (χ0n) is 31.2. The molecule has 0 radical (unpaired) electrons. The zero-order valence-corrected chi connectivity index (χ0v) is 31.2. The highest BCUT2D eigenvalue weighted by Crippen LogP contribution is 2.29. The molecule has 2 aromatic carbocycles. The van der Waals surface area contributed by atoms with Gasteiger partial charge in [-0.15, -0.1) is 0 Å². The Morgan fingerprint density at radius 1 is 0.780 bits per heavy atom. The van der Waals surface area contributed by atoms with E-state index in [0.717, 1.165) is 12.4 Å². The van der Waals surface area contributed by atoms with Crippen molar-refractivity contribution in [3.8, 4) is 0 Å². The summed E-state index contributed by atoms with van der Waals surface area (Å²) in [7, 11) is 0. The van der Waals surface area contributed by atoms with E-state index in [1.54, 1.807) is 17.0 Å². The van der Waals surface area contributed by atoms with Gasteiger partial charge in [-0.05, 0) is 36.4 Å². The molecule has 0 saturated carbocycles. The van der Waals surface area contributed by atoms with Gasteiger partial charge in [0, 0.05) is 26.9 Å². The Kier molecular flexibility index (Phi) is 15.6. The summed E-state index contributed by atoms with van der Waals surface area (Å²) >= 11 is 0. The maximum atomic E-state index is 14.6. The van der Waals surface area contributed by atoms with E-state index in [1.807, 2.05) is 0 Å². The largest absolute Gasteiger partial charge is 0.477 e. The third-order valence-electron chi connectivity index (χ3n) is 8.27. The van der Waals surface area contributed by atoms with Crippen molar-refractivity contribution in [3.63, 3.8) is 0 Å². The van der Waals surface area contributed by atoms with Gasteiger partial charge in [-0.2, -0.15) is 27.8 Å². The molecule has 320 valence electrons. The predicted molar refractivity (Wildman–Crippen MR) is 196 cm³/mol. The van der Waals surface area contributed by atoms with Gasteiger partial charge in [0.15, 0.2) is 0 Å². The Labute approximate surface area is 331 Å². The number of carbonyl (C=O) groups excluding carboxylic acids is 5. The van der Waals surface area contributed by atoms with Crippen LogP contribution in [-0.2, 0) is 28.7 Å². The van der Waals surface area contributed by atoms with Crippen LogP contribution in [0.3, 0.4) is 0 Å². The number of benzene rings is 2. The van der Waals surface area contributed by atoms with E-state index >= 15 is 0 Å². The quantitative estimate of drug-likeness (QED) is 0.253. The van der Waals surface area contributed by atoms with E-state index in [9.17, 15) is 50.3 Å². The number of halogens is 6. The maximum absolute atomic E-state index is 14.6. The smallest absolute Gasteiger partial charge is 0.414 e. The molecular formula is C34H38F6N10O9. The molecule has 19 nitrogen and oxygen atoms in total. The molecule has 2 atom stereocenters. The summed E-state index contributed by atoms with van der Waals surface area (Å²) in [6.07, 6.45) is -6.00. The molecule has 6 rings (SSSR count). The van der Waals surface area contributed by atoms with Crippen LogP contribution in [0.4, 0.5) is 58.7 Å². The molecule has 4 aliphatic rings. The first-order valence-electron chi connectivity index (χ1n) is 17.4. The first kappa shape index (κ1) is 44.9. The van der Waals surface area contributed by atoms with Gasteiger partial charge in [-0.3, -0.25) is 24.2 Å². The lowest BCUT2D eigenvalue weighted by Crippen LogP contribution is -2.43. The number of hydrazone groups is 2. The molecule has 0 aromatic heterocycles. The van der Waals surface area contributed by atoms with Crippen LogP contribution in [0.25, 0.3) is 0 Å². The van der Waals surface area contributed by atoms with Gasteiger partial charge in [-0.1, -0.05) is 0 Å². The Morgan fingerprint density at radius 3 is 1.61 bits per heavy atom. The van der Waals surface area contributed by atoms with Gasteiger partial charge in [-0.25, -0.2) is 28.2 Å². The molecule has 0 spiro atoms. The van der Waals surface area contributed by atoms with E-state index in [-0.39, 0.29) is 62.5 Å². The van der Waals surface area contributed by atoms with Crippen molar-refractivity contribution in [1.29, 1.82) is 0 Å². The van der Waals surface area contributed by atoms with Gasteiger partial charge in [0.1, 0.15) is 36.5 Å². The van der Waals surface area contributed by atoms with Crippen LogP contribution in [0.15, 0.2) is 46.6 Å². The molecule has 4 heterocycles. The molecule has 0 unspecified atom stereocenters. The summed E-state index contributed by atoms with van der Waals surface area (Å²) in [5, 5.41) is 20.5. The molecule has 0 aliphatic carbocycles. The standard InChI is InChI=1S/C17H18F3N5O4.C15H18FN5O3.C2H2F2O2/c1-10(26)21-7-12-8-24(17(28)29-12)11-2-3-14(13(18)6-11)23-4-5-25(22-9-23)16(27)15(19)20;1-10(22)17-7-12-8-21(15(23)24-12)11-2-3-14(13(16)6-11)20-5-4-18-19-9-20;3-1(4)2(5)6/h2-3,6,9,12,15H,4-5,7-8H2,1H3,(H,21,26);2-3,6,9,12,18H,4-5,7-8H2,1H3,(H,17,22);1H,(H,5,6)/t2*12-;/m00./s1. The fourth-order valence-electron chi connectivity index (χ4n) is 5.48. The van der Waals surface area contributed by atoms with Crippen LogP contribution in [0.5, 0.6) is 0 Å². The van der Waals surface area contributed by atoms with Crippen molar-refractivity contribution < 1.29 is 69.7 Å². The van der Waals surface area contributed by atoms with Gasteiger partial charge < -0.3 is 40.4 Å². The number of rotatable bonds is 10. The third kappa shape index (κ3) is 12.6. The number of hydrogen-bond donors (Lipinski definition) is 4. The van der Waals surface area contributed by atoms with Crippen LogP contribution >= 0.6 is 0 Å². The van der Waals surface area contributed by atoms with E-state index < -0.39 is 60.8 Å². The molecule has 4 N–H and O–H groups in total. The number of nitrogens with one attached hydrogen (secondary N) is 3.